The molecule has 1 aromatic rings. The van der Waals surface area contributed by atoms with Crippen molar-refractivity contribution in [1.82, 2.24) is 0 Å². The molecule has 0 radical (unpaired) electrons. The van der Waals surface area contributed by atoms with Gasteiger partial charge in [0.1, 0.15) is 0 Å². The minimum atomic E-state index is 0.631. The average molecular weight is 188 g/mol. The molecule has 1 N–H and O–H groups in total. The maximum Gasteiger partial charge on any atom is 0.0994 e. The van der Waals surface area contributed by atoms with E-state index in [1.807, 2.05) is 25.1 Å². The first-order valence-electron chi connectivity index (χ1n) is 4.88. The first-order valence-corrected chi connectivity index (χ1v) is 4.88. The summed E-state index contributed by atoms with van der Waals surface area (Å²) in [5.74, 6) is 0.631. The third kappa shape index (κ3) is 2.77. The highest BCUT2D eigenvalue weighted by molar-refractivity contribution is 5.51. The van der Waals surface area contributed by atoms with Gasteiger partial charge in [-0.25, -0.2) is 0 Å². The summed E-state index contributed by atoms with van der Waals surface area (Å²) in [5, 5.41) is 12.1. The summed E-state index contributed by atoms with van der Waals surface area (Å²) >= 11 is 0. The number of anilines is 1. The van der Waals surface area contributed by atoms with E-state index in [0.29, 0.717) is 5.92 Å². The standard InChI is InChI=1S/C12H16N2/c1-9(2)8-14-12-5-4-11(7-13)10(3)6-12/h4-6,9,14H,8H2,1-3H3. The van der Waals surface area contributed by atoms with Crippen LogP contribution in [-0.4, -0.2) is 6.54 Å². The Kier molecular flexibility index (Phi) is 3.53. The lowest BCUT2D eigenvalue weighted by molar-refractivity contribution is 0.689. The zero-order chi connectivity index (χ0) is 10.6. The van der Waals surface area contributed by atoms with Gasteiger partial charge in [0.15, 0.2) is 0 Å². The van der Waals surface area contributed by atoms with Crippen LogP contribution in [-0.2, 0) is 0 Å². The molecule has 0 heterocycles. The Bertz CT molecular complexity index is 348. The highest BCUT2D eigenvalue weighted by atomic mass is 14.9. The monoisotopic (exact) mass is 188 g/mol. The first-order chi connectivity index (χ1) is 6.63. The van der Waals surface area contributed by atoms with Crippen LogP contribution in [0.4, 0.5) is 5.69 Å². The molecule has 74 valence electrons. The third-order valence-electron chi connectivity index (χ3n) is 2.06. The van der Waals surface area contributed by atoms with Gasteiger partial charge in [-0.05, 0) is 36.6 Å². The summed E-state index contributed by atoms with van der Waals surface area (Å²) in [7, 11) is 0. The van der Waals surface area contributed by atoms with Crippen LogP contribution in [0.2, 0.25) is 0 Å². The molecule has 0 spiro atoms. The van der Waals surface area contributed by atoms with Crippen molar-refractivity contribution >= 4 is 5.69 Å². The molecule has 14 heavy (non-hydrogen) atoms. The third-order valence-corrected chi connectivity index (χ3v) is 2.06. The molecule has 0 saturated heterocycles. The van der Waals surface area contributed by atoms with Crippen LogP contribution in [0.25, 0.3) is 0 Å². The summed E-state index contributed by atoms with van der Waals surface area (Å²) in [5.41, 5.74) is 2.87. The minimum Gasteiger partial charge on any atom is -0.385 e. The van der Waals surface area contributed by atoms with Crippen molar-refractivity contribution < 1.29 is 0 Å². The van der Waals surface area contributed by atoms with Crippen LogP contribution in [0.3, 0.4) is 0 Å². The van der Waals surface area contributed by atoms with Gasteiger partial charge in [-0.3, -0.25) is 0 Å². The summed E-state index contributed by atoms with van der Waals surface area (Å²) in [6.45, 7) is 7.26. The number of hydrogen-bond acceptors (Lipinski definition) is 2. The van der Waals surface area contributed by atoms with Crippen LogP contribution < -0.4 is 5.32 Å². The van der Waals surface area contributed by atoms with Crippen molar-refractivity contribution in [1.29, 1.82) is 5.26 Å². The molecule has 0 aromatic heterocycles. The fourth-order valence-corrected chi connectivity index (χ4v) is 1.22. The van der Waals surface area contributed by atoms with Gasteiger partial charge in [0, 0.05) is 12.2 Å². The van der Waals surface area contributed by atoms with E-state index < -0.39 is 0 Å². The van der Waals surface area contributed by atoms with Crippen molar-refractivity contribution in [3.63, 3.8) is 0 Å². The van der Waals surface area contributed by atoms with Gasteiger partial charge in [-0.2, -0.15) is 5.26 Å². The number of nitrogens with one attached hydrogen (secondary N) is 1. The number of hydrogen-bond donors (Lipinski definition) is 1. The van der Waals surface area contributed by atoms with Crippen molar-refractivity contribution in [2.24, 2.45) is 5.92 Å². The largest absolute Gasteiger partial charge is 0.385 e. The van der Waals surface area contributed by atoms with Crippen LogP contribution >= 0.6 is 0 Å². The lowest BCUT2D eigenvalue weighted by Crippen LogP contribution is -2.07. The van der Waals surface area contributed by atoms with Crippen LogP contribution in [0.1, 0.15) is 25.0 Å². The van der Waals surface area contributed by atoms with Gasteiger partial charge in [0.25, 0.3) is 0 Å². The number of rotatable bonds is 3. The maximum absolute atomic E-state index is 8.76. The molecule has 0 saturated carbocycles. The van der Waals surface area contributed by atoms with Crippen LogP contribution in [0.5, 0.6) is 0 Å². The Morgan fingerprint density at radius 1 is 1.43 bits per heavy atom. The van der Waals surface area contributed by atoms with E-state index in [-0.39, 0.29) is 0 Å². The fourth-order valence-electron chi connectivity index (χ4n) is 1.22. The number of nitriles is 1. The normalized spacial score (nSPS) is 9.93. The van der Waals surface area contributed by atoms with E-state index in [9.17, 15) is 0 Å². The van der Waals surface area contributed by atoms with E-state index in [1.165, 1.54) is 0 Å². The predicted octanol–water partition coefficient (Wildman–Crippen LogP) is 2.93. The van der Waals surface area contributed by atoms with E-state index in [0.717, 1.165) is 23.4 Å². The second-order valence-corrected chi connectivity index (χ2v) is 3.92. The molecule has 2 heteroatoms. The van der Waals surface area contributed by atoms with Gasteiger partial charge >= 0.3 is 0 Å². The molecule has 2 nitrogen and oxygen atoms in total. The van der Waals surface area contributed by atoms with Gasteiger partial charge in [0.2, 0.25) is 0 Å². The zero-order valence-electron chi connectivity index (χ0n) is 8.96. The number of aryl methyl sites for hydroxylation is 1. The Morgan fingerprint density at radius 2 is 2.14 bits per heavy atom. The molecule has 0 unspecified atom stereocenters. The Labute approximate surface area is 85.6 Å². The van der Waals surface area contributed by atoms with E-state index in [1.54, 1.807) is 0 Å². The average Bonchev–Trinajstić information content (AvgIpc) is 2.15. The molecule has 1 aromatic carbocycles. The van der Waals surface area contributed by atoms with Crippen LogP contribution in [0, 0.1) is 24.2 Å². The summed E-state index contributed by atoms with van der Waals surface area (Å²) < 4.78 is 0. The second kappa shape index (κ2) is 4.66. The minimum absolute atomic E-state index is 0.631. The lowest BCUT2D eigenvalue weighted by Gasteiger charge is -2.09. The van der Waals surface area contributed by atoms with E-state index >= 15 is 0 Å². The molecule has 1 rings (SSSR count). The zero-order valence-corrected chi connectivity index (χ0v) is 8.96. The molecule has 0 fully saturated rings. The molecule has 0 aliphatic rings. The van der Waals surface area contributed by atoms with Crippen molar-refractivity contribution in [3.05, 3.63) is 29.3 Å². The van der Waals surface area contributed by atoms with Gasteiger partial charge in [0.05, 0.1) is 11.6 Å². The molecular formula is C12H16N2. The van der Waals surface area contributed by atoms with Crippen molar-refractivity contribution in [3.8, 4) is 6.07 Å². The van der Waals surface area contributed by atoms with Crippen molar-refractivity contribution in [2.75, 3.05) is 11.9 Å². The molecule has 0 aliphatic carbocycles. The smallest absolute Gasteiger partial charge is 0.0994 e. The highest BCUT2D eigenvalue weighted by Gasteiger charge is 1.99. The number of benzene rings is 1. The van der Waals surface area contributed by atoms with Gasteiger partial charge < -0.3 is 5.32 Å². The van der Waals surface area contributed by atoms with Crippen LogP contribution in [0.15, 0.2) is 18.2 Å². The lowest BCUT2D eigenvalue weighted by atomic mass is 10.1. The van der Waals surface area contributed by atoms with E-state index in [4.69, 9.17) is 5.26 Å². The van der Waals surface area contributed by atoms with Crippen molar-refractivity contribution in [2.45, 2.75) is 20.8 Å². The summed E-state index contributed by atoms with van der Waals surface area (Å²) in [6, 6.07) is 7.99. The molecule has 0 aliphatic heterocycles. The van der Waals surface area contributed by atoms with E-state index in [2.05, 4.69) is 25.2 Å². The predicted molar refractivity (Wildman–Crippen MR) is 59.2 cm³/mol. The van der Waals surface area contributed by atoms with Gasteiger partial charge in [-0.1, -0.05) is 13.8 Å². The fraction of sp³-hybridized carbons (Fsp3) is 0.417. The Hall–Kier alpha value is -1.49. The molecule has 0 atom stereocenters. The summed E-state index contributed by atoms with van der Waals surface area (Å²) in [4.78, 5) is 0. The maximum atomic E-state index is 8.76. The second-order valence-electron chi connectivity index (χ2n) is 3.92. The summed E-state index contributed by atoms with van der Waals surface area (Å²) in [6.07, 6.45) is 0. The SMILES string of the molecule is Cc1cc(NCC(C)C)ccc1C#N. The molecular weight excluding hydrogens is 172 g/mol. The molecule has 0 amide bonds. The topological polar surface area (TPSA) is 35.8 Å². The quantitative estimate of drug-likeness (QED) is 0.791. The number of nitrogens with zero attached hydrogens (tertiary/aromatic N) is 1. The highest BCUT2D eigenvalue weighted by Crippen LogP contribution is 2.14. The Morgan fingerprint density at radius 3 is 2.64 bits per heavy atom. The first kappa shape index (κ1) is 10.6. The Balaban J connectivity index is 2.73. The van der Waals surface area contributed by atoms with Gasteiger partial charge in [-0.15, -0.1) is 0 Å². The molecule has 0 bridgehead atoms.